The van der Waals surface area contributed by atoms with Crippen LogP contribution < -0.4 is 9.46 Å². The molecule has 7 heteroatoms. The molecule has 0 unspecified atom stereocenters. The third-order valence-corrected chi connectivity index (χ3v) is 6.94. The summed E-state index contributed by atoms with van der Waals surface area (Å²) in [6.07, 6.45) is 0.824. The van der Waals surface area contributed by atoms with Crippen molar-refractivity contribution in [3.05, 3.63) is 59.2 Å². The standard InChI is InChI=1S/C21H25NO5S/c1-5-14-6-9-16(10-7-14)28(25,26)22-19-13(2)21(3,4)27-18-11-8-15(20(23)24)12-17(18)19/h6-13,19,22H,5H2,1-4H3,(H,23,24)/t13-,19+/m1/s1. The first-order valence-corrected chi connectivity index (χ1v) is 10.7. The van der Waals surface area contributed by atoms with Gasteiger partial charge in [0.15, 0.2) is 0 Å². The van der Waals surface area contributed by atoms with E-state index in [1.807, 2.05) is 27.7 Å². The Morgan fingerprint density at radius 1 is 1.18 bits per heavy atom. The number of ether oxygens (including phenoxy) is 1. The quantitative estimate of drug-likeness (QED) is 0.793. The summed E-state index contributed by atoms with van der Waals surface area (Å²) < 4.78 is 34.8. The largest absolute Gasteiger partial charge is 0.487 e. The molecule has 0 spiro atoms. The van der Waals surface area contributed by atoms with Crippen LogP contribution in [0.15, 0.2) is 47.4 Å². The Balaban J connectivity index is 2.04. The van der Waals surface area contributed by atoms with E-state index in [2.05, 4.69) is 4.72 Å². The van der Waals surface area contributed by atoms with E-state index in [0.29, 0.717) is 11.3 Å². The summed E-state index contributed by atoms with van der Waals surface area (Å²) in [7, 11) is -3.80. The lowest BCUT2D eigenvalue weighted by molar-refractivity contribution is 0.0167. The number of sulfonamides is 1. The molecule has 2 N–H and O–H groups in total. The van der Waals surface area contributed by atoms with Gasteiger partial charge in [-0.05, 0) is 56.2 Å². The van der Waals surface area contributed by atoms with Gasteiger partial charge in [-0.3, -0.25) is 0 Å². The maximum atomic E-state index is 13.0. The lowest BCUT2D eigenvalue weighted by Crippen LogP contribution is -2.48. The molecule has 0 radical (unpaired) electrons. The molecule has 28 heavy (non-hydrogen) atoms. The van der Waals surface area contributed by atoms with Gasteiger partial charge in [0, 0.05) is 11.5 Å². The Kier molecular flexibility index (Phi) is 5.25. The van der Waals surface area contributed by atoms with E-state index in [1.165, 1.54) is 12.1 Å². The SMILES string of the molecule is CCc1ccc(S(=O)(=O)N[C@@H]2c3cc(C(=O)O)ccc3OC(C)(C)[C@@H]2C)cc1. The summed E-state index contributed by atoms with van der Waals surface area (Å²) in [6.45, 7) is 7.68. The van der Waals surface area contributed by atoms with Crippen molar-refractivity contribution in [2.75, 3.05) is 0 Å². The Bertz CT molecular complexity index is 996. The molecule has 0 bridgehead atoms. The second-order valence-corrected chi connectivity index (χ2v) is 9.36. The van der Waals surface area contributed by atoms with Gasteiger partial charge in [-0.1, -0.05) is 26.0 Å². The van der Waals surface area contributed by atoms with Crippen molar-refractivity contribution in [1.82, 2.24) is 4.72 Å². The van der Waals surface area contributed by atoms with Gasteiger partial charge in [0.1, 0.15) is 11.4 Å². The van der Waals surface area contributed by atoms with Crippen molar-refractivity contribution in [2.45, 2.75) is 50.7 Å². The first kappa shape index (κ1) is 20.4. The summed E-state index contributed by atoms with van der Waals surface area (Å²) >= 11 is 0. The minimum atomic E-state index is -3.80. The Labute approximate surface area is 165 Å². The molecule has 150 valence electrons. The molecule has 2 aromatic rings. The van der Waals surface area contributed by atoms with Crippen LogP contribution in [0.4, 0.5) is 0 Å². The van der Waals surface area contributed by atoms with Crippen LogP contribution in [-0.4, -0.2) is 25.1 Å². The average Bonchev–Trinajstić information content (AvgIpc) is 2.65. The minimum absolute atomic E-state index is 0.0887. The molecule has 1 aliphatic rings. The molecule has 0 aliphatic carbocycles. The van der Waals surface area contributed by atoms with Crippen LogP contribution >= 0.6 is 0 Å². The van der Waals surface area contributed by atoms with Gasteiger partial charge >= 0.3 is 5.97 Å². The number of fused-ring (bicyclic) bond motifs is 1. The fraction of sp³-hybridized carbons (Fsp3) is 0.381. The smallest absolute Gasteiger partial charge is 0.335 e. The fourth-order valence-electron chi connectivity index (χ4n) is 3.37. The molecule has 2 aromatic carbocycles. The Morgan fingerprint density at radius 2 is 1.82 bits per heavy atom. The van der Waals surface area contributed by atoms with Gasteiger partial charge in [-0.15, -0.1) is 0 Å². The minimum Gasteiger partial charge on any atom is -0.487 e. The highest BCUT2D eigenvalue weighted by molar-refractivity contribution is 7.89. The average molecular weight is 404 g/mol. The van der Waals surface area contributed by atoms with Crippen molar-refractivity contribution in [2.24, 2.45) is 5.92 Å². The highest BCUT2D eigenvalue weighted by Gasteiger charge is 2.43. The summed E-state index contributed by atoms with van der Waals surface area (Å²) in [5.74, 6) is -0.812. The normalized spacial score (nSPS) is 20.9. The van der Waals surface area contributed by atoms with Crippen LogP contribution in [-0.2, 0) is 16.4 Å². The lowest BCUT2D eigenvalue weighted by atomic mass is 9.80. The first-order chi connectivity index (χ1) is 13.0. The van der Waals surface area contributed by atoms with Gasteiger partial charge in [-0.25, -0.2) is 17.9 Å². The lowest BCUT2D eigenvalue weighted by Gasteiger charge is -2.43. The zero-order chi connectivity index (χ0) is 20.7. The maximum Gasteiger partial charge on any atom is 0.335 e. The van der Waals surface area contributed by atoms with Crippen LogP contribution in [0.5, 0.6) is 5.75 Å². The topological polar surface area (TPSA) is 92.7 Å². The fourth-order valence-corrected chi connectivity index (χ4v) is 4.67. The molecule has 0 saturated carbocycles. The molecular weight excluding hydrogens is 378 g/mol. The monoisotopic (exact) mass is 403 g/mol. The molecular formula is C21H25NO5S. The molecule has 0 amide bonds. The third-order valence-electron chi connectivity index (χ3n) is 5.49. The maximum absolute atomic E-state index is 13.0. The van der Waals surface area contributed by atoms with E-state index in [4.69, 9.17) is 4.74 Å². The molecule has 1 heterocycles. The van der Waals surface area contributed by atoms with Crippen LogP contribution in [0.2, 0.25) is 0 Å². The molecule has 0 fully saturated rings. The number of aryl methyl sites for hydroxylation is 1. The van der Waals surface area contributed by atoms with E-state index in [0.717, 1.165) is 12.0 Å². The van der Waals surface area contributed by atoms with E-state index in [1.54, 1.807) is 30.3 Å². The predicted octanol–water partition coefficient (Wildman–Crippen LogP) is 3.77. The van der Waals surface area contributed by atoms with E-state index in [9.17, 15) is 18.3 Å². The first-order valence-electron chi connectivity index (χ1n) is 9.22. The number of carboxylic acids is 1. The predicted molar refractivity (Wildman–Crippen MR) is 106 cm³/mol. The summed E-state index contributed by atoms with van der Waals surface area (Å²) in [6, 6.07) is 10.7. The van der Waals surface area contributed by atoms with Crippen LogP contribution in [0, 0.1) is 5.92 Å². The second-order valence-electron chi connectivity index (χ2n) is 7.65. The highest BCUT2D eigenvalue weighted by Crippen LogP contribution is 2.44. The zero-order valence-corrected chi connectivity index (χ0v) is 17.2. The number of carbonyl (C=O) groups is 1. The van der Waals surface area contributed by atoms with Gasteiger partial charge in [0.05, 0.1) is 16.5 Å². The molecule has 6 nitrogen and oxygen atoms in total. The van der Waals surface area contributed by atoms with E-state index >= 15 is 0 Å². The number of aromatic carboxylic acids is 1. The van der Waals surface area contributed by atoms with Gasteiger partial charge in [0.2, 0.25) is 10.0 Å². The summed E-state index contributed by atoms with van der Waals surface area (Å²) in [5.41, 5.74) is 1.04. The summed E-state index contributed by atoms with van der Waals surface area (Å²) in [4.78, 5) is 11.6. The third kappa shape index (κ3) is 3.77. The number of rotatable bonds is 5. The molecule has 1 aliphatic heterocycles. The number of hydrogen-bond donors (Lipinski definition) is 2. The van der Waals surface area contributed by atoms with Gasteiger partial charge in [0.25, 0.3) is 0 Å². The number of benzene rings is 2. The van der Waals surface area contributed by atoms with Crippen LogP contribution in [0.1, 0.15) is 55.2 Å². The van der Waals surface area contributed by atoms with Crippen molar-refractivity contribution in [1.29, 1.82) is 0 Å². The molecule has 0 aromatic heterocycles. The van der Waals surface area contributed by atoms with Crippen molar-refractivity contribution >= 4 is 16.0 Å². The number of hydrogen-bond acceptors (Lipinski definition) is 4. The van der Waals surface area contributed by atoms with E-state index < -0.39 is 27.6 Å². The van der Waals surface area contributed by atoms with Gasteiger partial charge in [-0.2, -0.15) is 0 Å². The Hall–Kier alpha value is -2.38. The Morgan fingerprint density at radius 3 is 2.39 bits per heavy atom. The van der Waals surface area contributed by atoms with Crippen molar-refractivity contribution in [3.8, 4) is 5.75 Å². The molecule has 2 atom stereocenters. The van der Waals surface area contributed by atoms with Gasteiger partial charge < -0.3 is 9.84 Å². The summed E-state index contributed by atoms with van der Waals surface area (Å²) in [5, 5.41) is 9.32. The molecule has 0 saturated heterocycles. The number of carboxylic acid groups (broad SMARTS) is 1. The van der Waals surface area contributed by atoms with Crippen molar-refractivity contribution < 1.29 is 23.1 Å². The highest BCUT2D eigenvalue weighted by atomic mass is 32.2. The zero-order valence-electron chi connectivity index (χ0n) is 16.4. The van der Waals surface area contributed by atoms with Crippen molar-refractivity contribution in [3.63, 3.8) is 0 Å². The number of nitrogens with one attached hydrogen (secondary N) is 1. The second kappa shape index (κ2) is 7.22. The van der Waals surface area contributed by atoms with Crippen LogP contribution in [0.3, 0.4) is 0 Å². The van der Waals surface area contributed by atoms with E-state index in [-0.39, 0.29) is 16.4 Å². The van der Waals surface area contributed by atoms with Crippen LogP contribution in [0.25, 0.3) is 0 Å². The molecule has 3 rings (SSSR count).